The minimum Gasteiger partial charge on any atom is -0.507 e. The molecule has 0 amide bonds. The first kappa shape index (κ1) is 29.0. The molecule has 0 radical (unpaired) electrons. The van der Waals surface area contributed by atoms with Crippen LogP contribution in [0.1, 0.15) is 92.1 Å². The largest absolute Gasteiger partial charge is 0.507 e. The lowest BCUT2D eigenvalue weighted by Crippen LogP contribution is -2.36. The maximum atomic E-state index is 11.7. The highest BCUT2D eigenvalue weighted by Gasteiger charge is 2.47. The SMILES string of the molecule is CC(C)(C)c1cc([C@@H]2c3ccccc3OC(c3ccccc3)(c3ccccc3)c3[nH]c4ccccc4c32)cc(C(C)(C)C)c1O. The molecule has 2 N–H and O–H groups in total. The van der Waals surface area contributed by atoms with Crippen LogP contribution in [-0.4, -0.2) is 10.1 Å². The zero-order chi connectivity index (χ0) is 31.6. The Balaban J connectivity index is 1.67. The van der Waals surface area contributed by atoms with Crippen LogP contribution < -0.4 is 4.74 Å². The van der Waals surface area contributed by atoms with Gasteiger partial charge in [0.15, 0.2) is 5.60 Å². The normalized spacial score (nSPS) is 16.0. The number of hydrogen-bond acceptors (Lipinski definition) is 2. The highest BCUT2D eigenvalue weighted by atomic mass is 16.5. The third-order valence-electron chi connectivity index (χ3n) is 9.32. The fraction of sp³-hybridized carbons (Fsp3) is 0.238. The van der Waals surface area contributed by atoms with Crippen molar-refractivity contribution in [2.45, 2.75) is 63.9 Å². The van der Waals surface area contributed by atoms with Gasteiger partial charge in [0.05, 0.1) is 5.69 Å². The maximum Gasteiger partial charge on any atom is 0.199 e. The molecule has 6 aromatic rings. The van der Waals surface area contributed by atoms with Crippen LogP contribution in [0.2, 0.25) is 0 Å². The van der Waals surface area contributed by atoms with Crippen LogP contribution >= 0.6 is 0 Å². The topological polar surface area (TPSA) is 45.2 Å². The molecule has 0 aliphatic carbocycles. The Bertz CT molecular complexity index is 1930. The number of benzene rings is 5. The lowest BCUT2D eigenvalue weighted by Gasteiger charge is -2.35. The second kappa shape index (κ2) is 10.4. The average molecular weight is 592 g/mol. The van der Waals surface area contributed by atoms with Crippen LogP contribution in [0, 0.1) is 0 Å². The second-order valence-electron chi connectivity index (χ2n) is 14.4. The number of fused-ring (bicyclic) bond motifs is 4. The van der Waals surface area contributed by atoms with Gasteiger partial charge in [0.1, 0.15) is 11.5 Å². The van der Waals surface area contributed by atoms with E-state index in [4.69, 9.17) is 4.74 Å². The molecule has 226 valence electrons. The molecule has 3 heteroatoms. The van der Waals surface area contributed by atoms with Gasteiger partial charge >= 0.3 is 0 Å². The monoisotopic (exact) mass is 591 g/mol. The molecule has 3 nitrogen and oxygen atoms in total. The van der Waals surface area contributed by atoms with E-state index in [2.05, 4.69) is 168 Å². The average Bonchev–Trinajstić information content (AvgIpc) is 3.34. The van der Waals surface area contributed by atoms with Crippen LogP contribution in [-0.2, 0) is 16.4 Å². The Morgan fingerprint density at radius 3 is 1.73 bits per heavy atom. The van der Waals surface area contributed by atoms with Crippen LogP contribution in [0.25, 0.3) is 10.9 Å². The summed E-state index contributed by atoms with van der Waals surface area (Å²) < 4.78 is 7.46. The Kier molecular flexibility index (Phi) is 6.70. The second-order valence-corrected chi connectivity index (χ2v) is 14.4. The van der Waals surface area contributed by atoms with Crippen molar-refractivity contribution in [3.63, 3.8) is 0 Å². The number of aromatic nitrogens is 1. The molecule has 1 aromatic heterocycles. The van der Waals surface area contributed by atoms with E-state index < -0.39 is 5.60 Å². The van der Waals surface area contributed by atoms with Gasteiger partial charge in [-0.2, -0.15) is 0 Å². The third-order valence-corrected chi connectivity index (χ3v) is 9.32. The fourth-order valence-electron chi connectivity index (χ4n) is 7.16. The quantitative estimate of drug-likeness (QED) is 0.215. The Labute approximate surface area is 266 Å². The van der Waals surface area contributed by atoms with E-state index in [0.29, 0.717) is 5.75 Å². The van der Waals surface area contributed by atoms with Gasteiger partial charge in [0.2, 0.25) is 0 Å². The van der Waals surface area contributed by atoms with E-state index in [1.54, 1.807) is 0 Å². The first-order chi connectivity index (χ1) is 21.5. The molecule has 7 rings (SSSR count). The van der Waals surface area contributed by atoms with Crippen LogP contribution in [0.15, 0.2) is 121 Å². The number of hydrogen-bond donors (Lipinski definition) is 2. The zero-order valence-electron chi connectivity index (χ0n) is 27.0. The number of phenols is 1. The highest BCUT2D eigenvalue weighted by molar-refractivity contribution is 5.88. The molecule has 0 spiro atoms. The van der Waals surface area contributed by atoms with E-state index in [9.17, 15) is 5.11 Å². The molecular formula is C42H41NO2. The fourth-order valence-corrected chi connectivity index (χ4v) is 7.16. The number of rotatable bonds is 3. The number of nitrogens with one attached hydrogen (secondary N) is 1. The Morgan fingerprint density at radius 2 is 1.16 bits per heavy atom. The highest BCUT2D eigenvalue weighted by Crippen LogP contribution is 2.54. The van der Waals surface area contributed by atoms with Crippen molar-refractivity contribution in [2.75, 3.05) is 0 Å². The summed E-state index contributed by atoms with van der Waals surface area (Å²) in [4.78, 5) is 3.91. The predicted molar refractivity (Wildman–Crippen MR) is 185 cm³/mol. The lowest BCUT2D eigenvalue weighted by molar-refractivity contribution is 0.152. The van der Waals surface area contributed by atoms with Crippen molar-refractivity contribution >= 4 is 10.9 Å². The van der Waals surface area contributed by atoms with Crippen molar-refractivity contribution < 1.29 is 9.84 Å². The number of aromatic hydroxyl groups is 1. The Morgan fingerprint density at radius 1 is 0.644 bits per heavy atom. The van der Waals surface area contributed by atoms with Crippen LogP contribution in [0.4, 0.5) is 0 Å². The van der Waals surface area contributed by atoms with Crippen molar-refractivity contribution in [2.24, 2.45) is 0 Å². The van der Waals surface area contributed by atoms with Gasteiger partial charge in [0, 0.05) is 33.5 Å². The summed E-state index contributed by atoms with van der Waals surface area (Å²) in [6, 6.07) is 42.7. The van der Waals surface area contributed by atoms with Gasteiger partial charge in [-0.15, -0.1) is 0 Å². The molecule has 0 bridgehead atoms. The molecule has 0 unspecified atom stereocenters. The van der Waals surface area contributed by atoms with Gasteiger partial charge in [-0.3, -0.25) is 0 Å². The maximum absolute atomic E-state index is 11.7. The van der Waals surface area contributed by atoms with E-state index in [0.717, 1.165) is 55.7 Å². The first-order valence-corrected chi connectivity index (χ1v) is 15.9. The molecule has 0 saturated carbocycles. The van der Waals surface area contributed by atoms with Gasteiger partial charge in [-0.1, -0.05) is 151 Å². The summed E-state index contributed by atoms with van der Waals surface area (Å²) in [5.74, 6) is 1.06. The smallest absolute Gasteiger partial charge is 0.199 e. The van der Waals surface area contributed by atoms with Gasteiger partial charge in [-0.25, -0.2) is 0 Å². The van der Waals surface area contributed by atoms with Crippen molar-refractivity contribution in [1.82, 2.24) is 4.98 Å². The summed E-state index contributed by atoms with van der Waals surface area (Å²) in [6.07, 6.45) is 0. The summed E-state index contributed by atoms with van der Waals surface area (Å²) in [5.41, 5.74) is 8.05. The summed E-state index contributed by atoms with van der Waals surface area (Å²) >= 11 is 0. The van der Waals surface area contributed by atoms with E-state index in [1.165, 1.54) is 5.56 Å². The zero-order valence-corrected chi connectivity index (χ0v) is 27.0. The molecule has 2 heterocycles. The lowest BCUT2D eigenvalue weighted by atomic mass is 9.73. The number of ether oxygens (including phenoxy) is 1. The summed E-state index contributed by atoms with van der Waals surface area (Å²) in [7, 11) is 0. The third kappa shape index (κ3) is 4.64. The summed E-state index contributed by atoms with van der Waals surface area (Å²) in [6.45, 7) is 13.1. The molecule has 45 heavy (non-hydrogen) atoms. The van der Waals surface area contributed by atoms with Gasteiger partial charge in [0.25, 0.3) is 0 Å². The van der Waals surface area contributed by atoms with Crippen molar-refractivity contribution in [3.8, 4) is 11.5 Å². The van der Waals surface area contributed by atoms with E-state index >= 15 is 0 Å². The van der Waals surface area contributed by atoms with E-state index in [1.807, 2.05) is 0 Å². The molecule has 0 fully saturated rings. The number of para-hydroxylation sites is 2. The molecule has 0 saturated heterocycles. The van der Waals surface area contributed by atoms with Crippen LogP contribution in [0.3, 0.4) is 0 Å². The standard InChI is InChI=1S/C42H41NO2/c1-40(2,3)32-25-27(26-33(38(32)44)41(4,5)6)36-31-22-14-16-24-35(31)45-42(28-17-9-7-10-18-28,29-19-11-8-12-20-29)39-37(36)30-21-13-15-23-34(30)43-39/h7-26,36,43-44H,1-6H3/t36-/m1/s1. The van der Waals surface area contributed by atoms with Gasteiger partial charge < -0.3 is 14.8 Å². The molecule has 1 aliphatic heterocycles. The number of H-pyrrole nitrogens is 1. The first-order valence-electron chi connectivity index (χ1n) is 15.9. The minimum absolute atomic E-state index is 0.163. The van der Waals surface area contributed by atoms with Gasteiger partial charge in [-0.05, 0) is 45.2 Å². The molecule has 1 aliphatic rings. The Hall–Kier alpha value is -4.76. The van der Waals surface area contributed by atoms with Crippen molar-refractivity contribution in [3.05, 3.63) is 166 Å². The minimum atomic E-state index is -0.946. The van der Waals surface area contributed by atoms with E-state index in [-0.39, 0.29) is 16.7 Å². The predicted octanol–water partition coefficient (Wildman–Crippen LogP) is 10.3. The van der Waals surface area contributed by atoms with Crippen molar-refractivity contribution in [1.29, 1.82) is 0 Å². The molecule has 5 aromatic carbocycles. The summed E-state index contributed by atoms with van der Waals surface area (Å²) in [5, 5.41) is 12.9. The number of phenolic OH excluding ortho intramolecular Hbond substituents is 1. The van der Waals surface area contributed by atoms with Crippen LogP contribution in [0.5, 0.6) is 11.5 Å². The molecular weight excluding hydrogens is 550 g/mol. The number of aromatic amines is 1. The molecule has 1 atom stereocenters.